The van der Waals surface area contributed by atoms with Gasteiger partial charge in [-0.25, -0.2) is 4.99 Å². The van der Waals surface area contributed by atoms with Gasteiger partial charge in [-0.3, -0.25) is 9.69 Å². The van der Waals surface area contributed by atoms with E-state index in [0.717, 1.165) is 50.4 Å². The fourth-order valence-corrected chi connectivity index (χ4v) is 7.26. The number of likely N-dealkylation sites (N-methyl/N-ethyl adjacent to an activating group) is 1. The van der Waals surface area contributed by atoms with Crippen molar-refractivity contribution in [1.82, 2.24) is 20.4 Å². The predicted octanol–water partition coefficient (Wildman–Crippen LogP) is 2.87. The second kappa shape index (κ2) is 8.93. The molecular formula is C28H40N6O. The van der Waals surface area contributed by atoms with Crippen molar-refractivity contribution >= 4 is 11.7 Å². The fourth-order valence-electron chi connectivity index (χ4n) is 7.26. The zero-order valence-electron chi connectivity index (χ0n) is 21.1. The molecule has 7 heteroatoms. The van der Waals surface area contributed by atoms with Crippen molar-refractivity contribution in [1.29, 1.82) is 0 Å². The molecule has 1 spiro atoms. The summed E-state index contributed by atoms with van der Waals surface area (Å²) >= 11 is 0. The van der Waals surface area contributed by atoms with E-state index in [1.165, 1.54) is 49.7 Å². The molecule has 2 unspecified atom stereocenters. The topological polar surface area (TPSA) is 86.0 Å². The van der Waals surface area contributed by atoms with Gasteiger partial charge in [-0.1, -0.05) is 37.1 Å². The number of amidine groups is 1. The van der Waals surface area contributed by atoms with Crippen LogP contribution in [0, 0.1) is 5.41 Å². The summed E-state index contributed by atoms with van der Waals surface area (Å²) in [6, 6.07) is 9.21. The molecule has 1 aromatic carbocycles. The van der Waals surface area contributed by atoms with Crippen molar-refractivity contribution in [2.75, 3.05) is 19.6 Å². The standard InChI is InChI=1S/C28H40N6O/c1-2-34-24(23-15-20-9-4-5-10-21(20)19-30-23)16-25(31-22-17-27(18-22)11-8-12-27)32-28(34,26(29)35)33-13-6-3-7-14-33/h4-5,9-10,16,22-23,30H,2-3,6-8,11-15,17-19H2,1H3,(H2,29,35)(H,31,32). The minimum Gasteiger partial charge on any atom is -0.367 e. The first kappa shape index (κ1) is 23.0. The third kappa shape index (κ3) is 3.87. The summed E-state index contributed by atoms with van der Waals surface area (Å²) < 4.78 is 0. The molecule has 1 amide bonds. The molecule has 4 N–H and O–H groups in total. The van der Waals surface area contributed by atoms with Crippen molar-refractivity contribution in [3.63, 3.8) is 0 Å². The van der Waals surface area contributed by atoms with Crippen LogP contribution in [0.1, 0.15) is 69.4 Å². The maximum Gasteiger partial charge on any atom is 0.282 e. The summed E-state index contributed by atoms with van der Waals surface area (Å²) in [6.45, 7) is 5.31. The third-order valence-corrected chi connectivity index (χ3v) is 9.26. The molecule has 6 rings (SSSR count). The number of carbonyl (C=O) groups excluding carboxylic acids is 1. The molecule has 1 saturated heterocycles. The van der Waals surface area contributed by atoms with Crippen LogP contribution in [0.2, 0.25) is 0 Å². The second-order valence-electron chi connectivity index (χ2n) is 11.4. The van der Waals surface area contributed by atoms with Crippen LogP contribution in [-0.4, -0.2) is 59.0 Å². The number of benzene rings is 1. The molecule has 1 aromatic rings. The van der Waals surface area contributed by atoms with Crippen LogP contribution in [0.25, 0.3) is 0 Å². The number of aliphatic imine (C=N–C) groups is 1. The van der Waals surface area contributed by atoms with Gasteiger partial charge in [-0.05, 0) is 68.4 Å². The highest BCUT2D eigenvalue weighted by Crippen LogP contribution is 2.55. The van der Waals surface area contributed by atoms with Crippen LogP contribution in [0.5, 0.6) is 0 Å². The number of piperidine rings is 1. The molecule has 0 bridgehead atoms. The normalized spacial score (nSPS) is 30.5. The van der Waals surface area contributed by atoms with Crippen LogP contribution in [-0.2, 0) is 17.8 Å². The van der Waals surface area contributed by atoms with E-state index in [0.29, 0.717) is 18.0 Å². The molecule has 2 saturated carbocycles. The van der Waals surface area contributed by atoms with Crippen molar-refractivity contribution in [2.24, 2.45) is 16.1 Å². The van der Waals surface area contributed by atoms with E-state index in [9.17, 15) is 4.79 Å². The lowest BCUT2D eigenvalue weighted by Gasteiger charge is -2.55. The number of rotatable bonds is 5. The van der Waals surface area contributed by atoms with Gasteiger partial charge >= 0.3 is 0 Å². The molecule has 5 aliphatic rings. The van der Waals surface area contributed by atoms with Crippen molar-refractivity contribution in [3.05, 3.63) is 47.2 Å². The number of nitrogens with two attached hydrogens (primary N) is 1. The van der Waals surface area contributed by atoms with Gasteiger partial charge in [0.15, 0.2) is 0 Å². The number of primary amides is 1. The summed E-state index contributed by atoms with van der Waals surface area (Å²) in [5, 5.41) is 7.50. The van der Waals surface area contributed by atoms with Crippen molar-refractivity contribution < 1.29 is 4.79 Å². The van der Waals surface area contributed by atoms with Gasteiger partial charge in [0.25, 0.3) is 11.7 Å². The maximum atomic E-state index is 13.4. The lowest BCUT2D eigenvalue weighted by Crippen LogP contribution is -2.70. The Balaban J connectivity index is 1.36. The predicted molar refractivity (Wildman–Crippen MR) is 138 cm³/mol. The minimum absolute atomic E-state index is 0.111. The molecule has 7 nitrogen and oxygen atoms in total. The molecule has 2 aliphatic carbocycles. The van der Waals surface area contributed by atoms with Gasteiger partial charge in [0, 0.05) is 44.0 Å². The molecule has 3 aliphatic heterocycles. The van der Waals surface area contributed by atoms with E-state index in [-0.39, 0.29) is 11.9 Å². The Kier molecular flexibility index (Phi) is 5.88. The largest absolute Gasteiger partial charge is 0.367 e. The fraction of sp³-hybridized carbons (Fsp3) is 0.643. The number of nitrogens with one attached hydrogen (secondary N) is 2. The van der Waals surface area contributed by atoms with Gasteiger partial charge in [0.1, 0.15) is 5.84 Å². The number of carbonyl (C=O) groups is 1. The molecule has 0 radical (unpaired) electrons. The van der Waals surface area contributed by atoms with Crippen molar-refractivity contribution in [2.45, 2.75) is 89.1 Å². The molecule has 2 atom stereocenters. The van der Waals surface area contributed by atoms with Crippen LogP contribution in [0.3, 0.4) is 0 Å². The number of fused-ring (bicyclic) bond motifs is 1. The highest BCUT2D eigenvalue weighted by atomic mass is 16.2. The molecule has 0 aromatic heterocycles. The van der Waals surface area contributed by atoms with Crippen LogP contribution in [0.4, 0.5) is 0 Å². The molecule has 3 heterocycles. The first-order valence-electron chi connectivity index (χ1n) is 13.7. The van der Waals surface area contributed by atoms with Crippen LogP contribution in [0.15, 0.2) is 41.0 Å². The van der Waals surface area contributed by atoms with E-state index < -0.39 is 5.79 Å². The summed E-state index contributed by atoms with van der Waals surface area (Å²) in [7, 11) is 0. The highest BCUT2D eigenvalue weighted by Gasteiger charge is 2.53. The minimum atomic E-state index is -1.17. The molecule has 35 heavy (non-hydrogen) atoms. The summed E-state index contributed by atoms with van der Waals surface area (Å²) in [5.74, 6) is -0.710. The smallest absolute Gasteiger partial charge is 0.282 e. The lowest BCUT2D eigenvalue weighted by atomic mass is 9.54. The van der Waals surface area contributed by atoms with Gasteiger partial charge in [0.2, 0.25) is 0 Å². The molecular weight excluding hydrogens is 436 g/mol. The van der Waals surface area contributed by atoms with E-state index in [2.05, 4.69) is 57.7 Å². The molecule has 3 fully saturated rings. The summed E-state index contributed by atoms with van der Waals surface area (Å²) in [5.41, 5.74) is 10.7. The van der Waals surface area contributed by atoms with Gasteiger partial charge in [-0.15, -0.1) is 0 Å². The van der Waals surface area contributed by atoms with E-state index >= 15 is 0 Å². The average Bonchev–Trinajstić information content (AvgIpc) is 2.84. The Bertz CT molecular complexity index is 1030. The van der Waals surface area contributed by atoms with E-state index in [4.69, 9.17) is 10.7 Å². The van der Waals surface area contributed by atoms with E-state index in [1.807, 2.05) is 0 Å². The Morgan fingerprint density at radius 1 is 1.14 bits per heavy atom. The summed E-state index contributed by atoms with van der Waals surface area (Å²) in [4.78, 5) is 23.0. The average molecular weight is 477 g/mol. The summed E-state index contributed by atoms with van der Waals surface area (Å²) in [6.07, 6.45) is 13.0. The number of amides is 1. The monoisotopic (exact) mass is 476 g/mol. The quantitative estimate of drug-likeness (QED) is 0.609. The van der Waals surface area contributed by atoms with Crippen molar-refractivity contribution in [3.8, 4) is 0 Å². The van der Waals surface area contributed by atoms with E-state index in [1.54, 1.807) is 0 Å². The Morgan fingerprint density at radius 3 is 2.54 bits per heavy atom. The van der Waals surface area contributed by atoms with Crippen LogP contribution < -0.4 is 16.4 Å². The van der Waals surface area contributed by atoms with Gasteiger partial charge in [-0.2, -0.15) is 0 Å². The Hall–Kier alpha value is -2.38. The zero-order valence-corrected chi connectivity index (χ0v) is 21.1. The number of hydrogen-bond donors (Lipinski definition) is 3. The Morgan fingerprint density at radius 2 is 1.89 bits per heavy atom. The molecule has 188 valence electrons. The first-order valence-corrected chi connectivity index (χ1v) is 13.7. The first-order chi connectivity index (χ1) is 17.0. The highest BCUT2D eigenvalue weighted by molar-refractivity contribution is 5.98. The number of hydrogen-bond acceptors (Lipinski definition) is 6. The second-order valence-corrected chi connectivity index (χ2v) is 11.4. The SMILES string of the molecule is CCN1C(C2Cc3ccccc3CN2)=CC(NC2CC3(CCC3)C2)=NC1(C(N)=O)N1CCCCC1. The van der Waals surface area contributed by atoms with Gasteiger partial charge in [0.05, 0.1) is 6.04 Å². The van der Waals surface area contributed by atoms with Crippen LogP contribution >= 0.6 is 0 Å². The van der Waals surface area contributed by atoms with Gasteiger partial charge < -0.3 is 21.3 Å². The zero-order chi connectivity index (χ0) is 24.0. The lowest BCUT2D eigenvalue weighted by molar-refractivity contribution is -0.144. The maximum absolute atomic E-state index is 13.4. The Labute approximate surface area is 209 Å². The third-order valence-electron chi connectivity index (χ3n) is 9.26. The number of nitrogens with zero attached hydrogens (tertiary/aromatic N) is 3. The number of likely N-dealkylation sites (tertiary alicyclic amines) is 1.